The average molecular weight is 467 g/mol. The summed E-state index contributed by atoms with van der Waals surface area (Å²) in [5.74, 6) is 0.267. The molecule has 4 aromatic rings. The molecule has 1 aliphatic rings. The van der Waals surface area contributed by atoms with Crippen molar-refractivity contribution in [1.82, 2.24) is 10.6 Å². The van der Waals surface area contributed by atoms with Gasteiger partial charge in [0.15, 0.2) is 0 Å². The molecule has 4 amide bonds. The number of rotatable bonds is 5. The molecule has 2 unspecified atom stereocenters. The zero-order valence-corrected chi connectivity index (χ0v) is 20.0. The van der Waals surface area contributed by atoms with Crippen LogP contribution in [0, 0.1) is 11.3 Å². The van der Waals surface area contributed by atoms with Crippen LogP contribution in [0.15, 0.2) is 84.9 Å². The molecule has 0 aromatic heterocycles. The predicted octanol–water partition coefficient (Wildman–Crippen LogP) is 6.35. The van der Waals surface area contributed by atoms with E-state index in [1.54, 1.807) is 0 Å². The number of anilines is 2. The Morgan fingerprint density at radius 1 is 0.743 bits per heavy atom. The maximum absolute atomic E-state index is 12.7. The number of nitrogens with one attached hydrogen (secondary N) is 4. The summed E-state index contributed by atoms with van der Waals surface area (Å²) in [5, 5.41) is 16.3. The van der Waals surface area contributed by atoms with E-state index in [1.807, 2.05) is 84.9 Å². The van der Waals surface area contributed by atoms with Gasteiger partial charge in [-0.2, -0.15) is 0 Å². The van der Waals surface area contributed by atoms with Crippen LogP contribution < -0.4 is 21.3 Å². The first kappa shape index (κ1) is 22.7. The highest BCUT2D eigenvalue weighted by Crippen LogP contribution is 2.45. The molecule has 0 aliphatic heterocycles. The van der Waals surface area contributed by atoms with Gasteiger partial charge in [0.2, 0.25) is 0 Å². The lowest BCUT2D eigenvalue weighted by Crippen LogP contribution is -2.61. The van der Waals surface area contributed by atoms with E-state index in [-0.39, 0.29) is 29.4 Å². The van der Waals surface area contributed by atoms with E-state index in [2.05, 4.69) is 35.1 Å². The summed E-state index contributed by atoms with van der Waals surface area (Å²) >= 11 is 0. The molecule has 5 rings (SSSR count). The zero-order chi connectivity index (χ0) is 24.4. The van der Waals surface area contributed by atoms with E-state index in [0.717, 1.165) is 39.3 Å². The van der Waals surface area contributed by atoms with E-state index in [4.69, 9.17) is 0 Å². The Labute approximate surface area is 205 Å². The standard InChI is InChI=1S/C29H30N4O2/c1-29(2)21(18-30-27(34)31-24-15-7-11-19-9-3-5-13-22(19)24)17-26(29)33-28(35)32-25-16-8-12-20-10-4-6-14-23(20)25/h3-16,21,26H,17-18H2,1-2H3,(H2,30,31,34)(H2,32,33,35). The van der Waals surface area contributed by atoms with Gasteiger partial charge in [-0.25, -0.2) is 9.59 Å². The number of urea groups is 2. The topological polar surface area (TPSA) is 82.3 Å². The Bertz CT molecular complexity index is 1390. The molecule has 0 radical (unpaired) electrons. The number of hydrogen-bond donors (Lipinski definition) is 4. The van der Waals surface area contributed by atoms with Gasteiger partial charge in [0.05, 0.1) is 11.4 Å². The van der Waals surface area contributed by atoms with Gasteiger partial charge in [-0.15, -0.1) is 0 Å². The molecule has 0 bridgehead atoms. The van der Waals surface area contributed by atoms with Crippen LogP contribution in [0.2, 0.25) is 0 Å². The number of hydrogen-bond acceptors (Lipinski definition) is 2. The molecule has 4 aromatic carbocycles. The first-order valence-electron chi connectivity index (χ1n) is 12.0. The summed E-state index contributed by atoms with van der Waals surface area (Å²) in [6.45, 7) is 4.81. The molecule has 0 spiro atoms. The molecule has 6 nitrogen and oxygen atoms in total. The van der Waals surface area contributed by atoms with Gasteiger partial charge < -0.3 is 21.3 Å². The first-order chi connectivity index (χ1) is 16.9. The molecule has 0 heterocycles. The summed E-state index contributed by atoms with van der Waals surface area (Å²) in [6, 6.07) is 27.3. The largest absolute Gasteiger partial charge is 0.338 e. The fourth-order valence-corrected chi connectivity index (χ4v) is 4.98. The van der Waals surface area contributed by atoms with Crippen LogP contribution in [0.4, 0.5) is 21.0 Å². The number of fused-ring (bicyclic) bond motifs is 2. The molecule has 1 fully saturated rings. The smallest absolute Gasteiger partial charge is 0.319 e. The highest BCUT2D eigenvalue weighted by molar-refractivity contribution is 6.02. The lowest BCUT2D eigenvalue weighted by molar-refractivity contribution is 0.0244. The van der Waals surface area contributed by atoms with Crippen molar-refractivity contribution in [3.8, 4) is 0 Å². The van der Waals surface area contributed by atoms with Gasteiger partial charge in [0.25, 0.3) is 0 Å². The number of carbonyl (C=O) groups excluding carboxylic acids is 2. The maximum Gasteiger partial charge on any atom is 0.319 e. The number of benzene rings is 4. The maximum atomic E-state index is 12.7. The van der Waals surface area contributed by atoms with Crippen molar-refractivity contribution in [2.45, 2.75) is 26.3 Å². The molecule has 0 saturated heterocycles. The Balaban J connectivity index is 1.14. The van der Waals surface area contributed by atoms with Crippen LogP contribution >= 0.6 is 0 Å². The predicted molar refractivity (Wildman–Crippen MR) is 143 cm³/mol. The Morgan fingerprint density at radius 3 is 1.83 bits per heavy atom. The minimum absolute atomic E-state index is 0.0328. The van der Waals surface area contributed by atoms with Crippen molar-refractivity contribution in [2.24, 2.45) is 11.3 Å². The monoisotopic (exact) mass is 466 g/mol. The van der Waals surface area contributed by atoms with Crippen LogP contribution in [0.25, 0.3) is 21.5 Å². The van der Waals surface area contributed by atoms with Crippen molar-refractivity contribution < 1.29 is 9.59 Å². The minimum atomic E-state index is -0.220. The lowest BCUT2D eigenvalue weighted by atomic mass is 9.58. The van der Waals surface area contributed by atoms with Crippen molar-refractivity contribution in [3.63, 3.8) is 0 Å². The first-order valence-corrected chi connectivity index (χ1v) is 12.0. The molecular formula is C29H30N4O2. The van der Waals surface area contributed by atoms with Crippen molar-refractivity contribution >= 4 is 45.0 Å². The number of carbonyl (C=O) groups is 2. The fourth-order valence-electron chi connectivity index (χ4n) is 4.98. The van der Waals surface area contributed by atoms with Gasteiger partial charge in [-0.05, 0) is 40.7 Å². The van der Waals surface area contributed by atoms with Crippen LogP contribution in [-0.2, 0) is 0 Å². The average Bonchev–Trinajstić information content (AvgIpc) is 2.86. The summed E-state index contributed by atoms with van der Waals surface area (Å²) in [5.41, 5.74) is 1.45. The van der Waals surface area contributed by atoms with E-state index in [0.29, 0.717) is 6.54 Å². The molecular weight excluding hydrogens is 436 g/mol. The van der Waals surface area contributed by atoms with Gasteiger partial charge in [-0.3, -0.25) is 0 Å². The van der Waals surface area contributed by atoms with Crippen LogP contribution in [0.5, 0.6) is 0 Å². The minimum Gasteiger partial charge on any atom is -0.338 e. The van der Waals surface area contributed by atoms with E-state index < -0.39 is 0 Å². The Hall–Kier alpha value is -4.06. The Morgan fingerprint density at radius 2 is 1.26 bits per heavy atom. The second-order valence-electron chi connectivity index (χ2n) is 9.79. The molecule has 6 heteroatoms. The summed E-state index contributed by atoms with van der Waals surface area (Å²) in [6.07, 6.45) is 0.810. The van der Waals surface area contributed by atoms with Gasteiger partial charge in [0, 0.05) is 23.4 Å². The molecule has 35 heavy (non-hydrogen) atoms. The third kappa shape index (κ3) is 4.64. The summed E-state index contributed by atoms with van der Waals surface area (Å²) in [4.78, 5) is 25.3. The molecule has 1 aliphatic carbocycles. The van der Waals surface area contributed by atoms with Crippen LogP contribution in [-0.4, -0.2) is 24.6 Å². The van der Waals surface area contributed by atoms with Crippen molar-refractivity contribution in [3.05, 3.63) is 84.9 Å². The SMILES string of the molecule is CC1(C)C(CNC(=O)Nc2cccc3ccccc23)CC1NC(=O)Nc1cccc2ccccc12. The molecule has 1 saturated carbocycles. The Kier molecular flexibility index (Phi) is 6.03. The van der Waals surface area contributed by atoms with Gasteiger partial charge >= 0.3 is 12.1 Å². The molecule has 2 atom stereocenters. The van der Waals surface area contributed by atoms with E-state index >= 15 is 0 Å². The van der Waals surface area contributed by atoms with Crippen LogP contribution in [0.1, 0.15) is 20.3 Å². The normalized spacial score (nSPS) is 18.5. The molecule has 178 valence electrons. The molecule has 4 N–H and O–H groups in total. The third-order valence-electron chi connectivity index (χ3n) is 7.36. The van der Waals surface area contributed by atoms with Crippen molar-refractivity contribution in [1.29, 1.82) is 0 Å². The van der Waals surface area contributed by atoms with Gasteiger partial charge in [-0.1, -0.05) is 86.6 Å². The van der Waals surface area contributed by atoms with Crippen LogP contribution in [0.3, 0.4) is 0 Å². The summed E-state index contributed by atoms with van der Waals surface area (Å²) in [7, 11) is 0. The highest BCUT2D eigenvalue weighted by atomic mass is 16.2. The quantitative estimate of drug-likeness (QED) is 0.276. The second kappa shape index (κ2) is 9.29. The van der Waals surface area contributed by atoms with E-state index in [9.17, 15) is 9.59 Å². The fraction of sp³-hybridized carbons (Fsp3) is 0.241. The lowest BCUT2D eigenvalue weighted by Gasteiger charge is -2.52. The number of amides is 4. The van der Waals surface area contributed by atoms with Gasteiger partial charge in [0.1, 0.15) is 0 Å². The van der Waals surface area contributed by atoms with Crippen molar-refractivity contribution in [2.75, 3.05) is 17.2 Å². The highest BCUT2D eigenvalue weighted by Gasteiger charge is 2.48. The second-order valence-corrected chi connectivity index (χ2v) is 9.79. The third-order valence-corrected chi connectivity index (χ3v) is 7.36. The zero-order valence-electron chi connectivity index (χ0n) is 20.0. The summed E-state index contributed by atoms with van der Waals surface area (Å²) < 4.78 is 0. The van der Waals surface area contributed by atoms with E-state index in [1.165, 1.54) is 0 Å².